The monoisotopic (exact) mass is 269 g/mol. The Morgan fingerprint density at radius 1 is 1.22 bits per heavy atom. The Kier molecular flexibility index (Phi) is 7.86. The molecular formula is C15H24ClNO. The van der Waals surface area contributed by atoms with Gasteiger partial charge in [-0.25, -0.2) is 0 Å². The van der Waals surface area contributed by atoms with Gasteiger partial charge in [-0.1, -0.05) is 25.4 Å². The predicted molar refractivity (Wildman–Crippen MR) is 78.6 cm³/mol. The maximum atomic E-state index is 5.82. The highest BCUT2D eigenvalue weighted by atomic mass is 35.5. The van der Waals surface area contributed by atoms with Crippen LogP contribution in [0.1, 0.15) is 39.5 Å². The summed E-state index contributed by atoms with van der Waals surface area (Å²) >= 11 is 5.82. The Morgan fingerprint density at radius 3 is 2.56 bits per heavy atom. The summed E-state index contributed by atoms with van der Waals surface area (Å²) in [5.74, 6) is 0.897. The summed E-state index contributed by atoms with van der Waals surface area (Å²) in [6, 6.07) is 8.16. The molecule has 102 valence electrons. The molecule has 1 aromatic carbocycles. The van der Waals surface area contributed by atoms with E-state index in [2.05, 4.69) is 19.2 Å². The van der Waals surface area contributed by atoms with E-state index in [9.17, 15) is 0 Å². The highest BCUT2D eigenvalue weighted by molar-refractivity contribution is 6.30. The van der Waals surface area contributed by atoms with Gasteiger partial charge in [-0.15, -0.1) is 0 Å². The molecule has 1 N–H and O–H groups in total. The highest BCUT2D eigenvalue weighted by Gasteiger charge is 2.04. The lowest BCUT2D eigenvalue weighted by Crippen LogP contribution is -2.29. The molecule has 1 unspecified atom stereocenters. The van der Waals surface area contributed by atoms with Crippen LogP contribution in [0, 0.1) is 0 Å². The molecule has 18 heavy (non-hydrogen) atoms. The van der Waals surface area contributed by atoms with Gasteiger partial charge >= 0.3 is 0 Å². The fourth-order valence-corrected chi connectivity index (χ4v) is 1.98. The summed E-state index contributed by atoms with van der Waals surface area (Å²) in [6.07, 6.45) is 4.63. The van der Waals surface area contributed by atoms with Crippen LogP contribution < -0.4 is 10.1 Å². The van der Waals surface area contributed by atoms with Gasteiger partial charge in [-0.2, -0.15) is 0 Å². The molecular weight excluding hydrogens is 246 g/mol. The number of halogens is 1. The lowest BCUT2D eigenvalue weighted by atomic mass is 10.1. The molecule has 0 heterocycles. The van der Waals surface area contributed by atoms with E-state index in [0.717, 1.165) is 30.3 Å². The lowest BCUT2D eigenvalue weighted by Gasteiger charge is -2.16. The van der Waals surface area contributed by atoms with Gasteiger partial charge in [0.15, 0.2) is 0 Å². The molecule has 2 nitrogen and oxygen atoms in total. The van der Waals surface area contributed by atoms with Crippen LogP contribution in [0.4, 0.5) is 0 Å². The van der Waals surface area contributed by atoms with E-state index < -0.39 is 0 Å². The third kappa shape index (κ3) is 6.27. The number of hydrogen-bond acceptors (Lipinski definition) is 2. The van der Waals surface area contributed by atoms with Gasteiger partial charge in [0.25, 0.3) is 0 Å². The fourth-order valence-electron chi connectivity index (χ4n) is 1.85. The maximum absolute atomic E-state index is 5.82. The molecule has 0 fully saturated rings. The second-order valence-electron chi connectivity index (χ2n) is 4.50. The zero-order chi connectivity index (χ0) is 13.2. The van der Waals surface area contributed by atoms with Crippen molar-refractivity contribution >= 4 is 11.6 Å². The van der Waals surface area contributed by atoms with Crippen LogP contribution >= 0.6 is 11.6 Å². The van der Waals surface area contributed by atoms with Crippen molar-refractivity contribution in [3.63, 3.8) is 0 Å². The van der Waals surface area contributed by atoms with Crippen molar-refractivity contribution in [1.29, 1.82) is 0 Å². The van der Waals surface area contributed by atoms with Crippen molar-refractivity contribution in [3.05, 3.63) is 29.3 Å². The van der Waals surface area contributed by atoms with Crippen molar-refractivity contribution in [3.8, 4) is 5.75 Å². The Hall–Kier alpha value is -0.730. The quantitative estimate of drug-likeness (QED) is 0.676. The van der Waals surface area contributed by atoms with Crippen LogP contribution in [0.5, 0.6) is 5.75 Å². The first-order valence-corrected chi connectivity index (χ1v) is 7.25. The topological polar surface area (TPSA) is 21.3 Å². The first-order valence-electron chi connectivity index (χ1n) is 6.88. The molecule has 0 bridgehead atoms. The molecule has 0 aliphatic rings. The molecule has 1 aromatic rings. The third-order valence-electron chi connectivity index (χ3n) is 2.96. The molecule has 1 rings (SSSR count). The first kappa shape index (κ1) is 15.3. The number of ether oxygens (including phenoxy) is 1. The number of rotatable bonds is 9. The van der Waals surface area contributed by atoms with Crippen LogP contribution in [0.25, 0.3) is 0 Å². The van der Waals surface area contributed by atoms with E-state index in [0.29, 0.717) is 6.04 Å². The van der Waals surface area contributed by atoms with E-state index in [1.807, 2.05) is 24.3 Å². The molecule has 0 spiro atoms. The predicted octanol–water partition coefficient (Wildman–Crippen LogP) is 4.28. The van der Waals surface area contributed by atoms with Gasteiger partial charge in [-0.05, 0) is 56.5 Å². The smallest absolute Gasteiger partial charge is 0.119 e. The minimum absolute atomic E-state index is 0.624. The normalized spacial score (nSPS) is 12.4. The standard InChI is InChI=1S/C15H24ClNO/c1-3-11-17-14(4-2)6-5-12-18-15-9-7-13(16)8-10-15/h7-10,14,17H,3-6,11-12H2,1-2H3. The Labute approximate surface area is 116 Å². The summed E-state index contributed by atoms with van der Waals surface area (Å²) in [5, 5.41) is 4.30. The number of nitrogens with one attached hydrogen (secondary N) is 1. The third-order valence-corrected chi connectivity index (χ3v) is 3.21. The Bertz CT molecular complexity index is 313. The molecule has 0 aromatic heterocycles. The van der Waals surface area contributed by atoms with Gasteiger partial charge in [-0.3, -0.25) is 0 Å². The molecule has 0 aliphatic heterocycles. The molecule has 0 saturated heterocycles. The number of benzene rings is 1. The SMILES string of the molecule is CCCNC(CC)CCCOc1ccc(Cl)cc1. The summed E-state index contributed by atoms with van der Waals surface area (Å²) in [7, 11) is 0. The Morgan fingerprint density at radius 2 is 1.94 bits per heavy atom. The van der Waals surface area contributed by atoms with Gasteiger partial charge in [0.1, 0.15) is 5.75 Å². The minimum Gasteiger partial charge on any atom is -0.494 e. The molecule has 3 heteroatoms. The largest absolute Gasteiger partial charge is 0.494 e. The second-order valence-corrected chi connectivity index (χ2v) is 4.94. The minimum atomic E-state index is 0.624. The average molecular weight is 270 g/mol. The summed E-state index contributed by atoms with van der Waals surface area (Å²) in [5.41, 5.74) is 0. The van der Waals surface area contributed by atoms with E-state index in [1.165, 1.54) is 19.3 Å². The maximum Gasteiger partial charge on any atom is 0.119 e. The molecule has 1 atom stereocenters. The van der Waals surface area contributed by atoms with E-state index in [4.69, 9.17) is 16.3 Å². The second kappa shape index (κ2) is 9.23. The van der Waals surface area contributed by atoms with Crippen LogP contribution in [0.15, 0.2) is 24.3 Å². The van der Waals surface area contributed by atoms with Crippen LogP contribution in [-0.4, -0.2) is 19.2 Å². The highest BCUT2D eigenvalue weighted by Crippen LogP contribution is 2.15. The fraction of sp³-hybridized carbons (Fsp3) is 0.600. The average Bonchev–Trinajstić information content (AvgIpc) is 2.40. The van der Waals surface area contributed by atoms with Crippen molar-refractivity contribution in [2.75, 3.05) is 13.2 Å². The van der Waals surface area contributed by atoms with Crippen LogP contribution in [0.3, 0.4) is 0 Å². The van der Waals surface area contributed by atoms with Crippen LogP contribution in [-0.2, 0) is 0 Å². The zero-order valence-corrected chi connectivity index (χ0v) is 12.2. The van der Waals surface area contributed by atoms with Gasteiger partial charge in [0.05, 0.1) is 6.61 Å². The van der Waals surface area contributed by atoms with Crippen molar-refractivity contribution < 1.29 is 4.74 Å². The van der Waals surface area contributed by atoms with Crippen molar-refractivity contribution in [2.45, 2.75) is 45.6 Å². The van der Waals surface area contributed by atoms with Crippen LogP contribution in [0.2, 0.25) is 5.02 Å². The van der Waals surface area contributed by atoms with Gasteiger partial charge in [0, 0.05) is 11.1 Å². The van der Waals surface area contributed by atoms with Crippen molar-refractivity contribution in [1.82, 2.24) is 5.32 Å². The summed E-state index contributed by atoms with van der Waals surface area (Å²) in [6.45, 7) is 6.30. The van der Waals surface area contributed by atoms with E-state index in [-0.39, 0.29) is 0 Å². The molecule has 0 radical (unpaired) electrons. The zero-order valence-electron chi connectivity index (χ0n) is 11.4. The Balaban J connectivity index is 2.15. The van der Waals surface area contributed by atoms with Crippen molar-refractivity contribution in [2.24, 2.45) is 0 Å². The molecule has 0 amide bonds. The summed E-state index contributed by atoms with van der Waals surface area (Å²) in [4.78, 5) is 0. The lowest BCUT2D eigenvalue weighted by molar-refractivity contribution is 0.294. The first-order chi connectivity index (χ1) is 8.76. The van der Waals surface area contributed by atoms with E-state index >= 15 is 0 Å². The van der Waals surface area contributed by atoms with Gasteiger partial charge in [0.2, 0.25) is 0 Å². The molecule has 0 aliphatic carbocycles. The molecule has 0 saturated carbocycles. The summed E-state index contributed by atoms with van der Waals surface area (Å²) < 4.78 is 5.67. The number of hydrogen-bond donors (Lipinski definition) is 1. The van der Waals surface area contributed by atoms with E-state index in [1.54, 1.807) is 0 Å². The van der Waals surface area contributed by atoms with Gasteiger partial charge < -0.3 is 10.1 Å².